The predicted octanol–water partition coefficient (Wildman–Crippen LogP) is 1.98. The summed E-state index contributed by atoms with van der Waals surface area (Å²) in [5.41, 5.74) is 1.21. The Kier molecular flexibility index (Phi) is 3.14. The number of methoxy groups -OCH3 is 1. The summed E-state index contributed by atoms with van der Waals surface area (Å²) in [5, 5.41) is 0.960. The first-order valence-electron chi connectivity index (χ1n) is 5.15. The van der Waals surface area contributed by atoms with Crippen molar-refractivity contribution >= 4 is 22.7 Å². The molecule has 17 heavy (non-hydrogen) atoms. The van der Waals surface area contributed by atoms with E-state index in [4.69, 9.17) is 0 Å². The van der Waals surface area contributed by atoms with Crippen molar-refractivity contribution in [3.05, 3.63) is 42.1 Å². The minimum atomic E-state index is -0.531. The lowest BCUT2D eigenvalue weighted by molar-refractivity contribution is -0.139. The second-order valence-electron chi connectivity index (χ2n) is 3.59. The number of fused-ring (bicyclic) bond motifs is 1. The van der Waals surface area contributed by atoms with Crippen LogP contribution in [0.2, 0.25) is 0 Å². The van der Waals surface area contributed by atoms with Gasteiger partial charge in [0, 0.05) is 17.1 Å². The number of hydrogen-bond donors (Lipinski definition) is 0. The van der Waals surface area contributed by atoms with E-state index in [0.717, 1.165) is 10.9 Å². The van der Waals surface area contributed by atoms with Gasteiger partial charge in [-0.05, 0) is 12.1 Å². The summed E-state index contributed by atoms with van der Waals surface area (Å²) < 4.78 is 4.45. The van der Waals surface area contributed by atoms with E-state index in [1.54, 1.807) is 18.3 Å². The molecule has 2 aromatic rings. The topological polar surface area (TPSA) is 56.3 Å². The lowest BCUT2D eigenvalue weighted by atomic mass is 10.1. The van der Waals surface area contributed by atoms with Gasteiger partial charge in [-0.15, -0.1) is 0 Å². The molecule has 0 fully saturated rings. The lowest BCUT2D eigenvalue weighted by Crippen LogP contribution is -2.09. The van der Waals surface area contributed by atoms with E-state index in [9.17, 15) is 9.59 Å². The Labute approximate surface area is 98.2 Å². The van der Waals surface area contributed by atoms with Crippen LogP contribution in [0, 0.1) is 0 Å². The number of Topliss-reactive ketones (excluding diaryl/α,β-unsaturated/α-hetero) is 1. The highest BCUT2D eigenvalue weighted by Gasteiger charge is 2.12. The van der Waals surface area contributed by atoms with Gasteiger partial charge in [-0.2, -0.15) is 0 Å². The Bertz CT molecular complexity index is 578. The average molecular weight is 229 g/mol. The fourth-order valence-corrected chi connectivity index (χ4v) is 1.55. The molecule has 0 saturated carbocycles. The Morgan fingerprint density at radius 1 is 1.29 bits per heavy atom. The average Bonchev–Trinajstić information content (AvgIpc) is 2.38. The van der Waals surface area contributed by atoms with Crippen LogP contribution >= 0.6 is 0 Å². The molecule has 2 rings (SSSR count). The van der Waals surface area contributed by atoms with Crippen molar-refractivity contribution in [2.75, 3.05) is 7.11 Å². The molecular weight excluding hydrogens is 218 g/mol. The first-order valence-corrected chi connectivity index (χ1v) is 5.15. The lowest BCUT2D eigenvalue weighted by Gasteiger charge is -2.01. The van der Waals surface area contributed by atoms with Crippen LogP contribution in [0.25, 0.3) is 10.9 Å². The molecule has 1 aromatic carbocycles. The minimum Gasteiger partial charge on any atom is -0.469 e. The Morgan fingerprint density at radius 2 is 2.12 bits per heavy atom. The van der Waals surface area contributed by atoms with Crippen molar-refractivity contribution < 1.29 is 14.3 Å². The predicted molar refractivity (Wildman–Crippen MR) is 62.7 cm³/mol. The molecule has 0 aliphatic rings. The van der Waals surface area contributed by atoms with Gasteiger partial charge < -0.3 is 4.74 Å². The van der Waals surface area contributed by atoms with Crippen molar-refractivity contribution in [1.29, 1.82) is 0 Å². The van der Waals surface area contributed by atoms with Crippen LogP contribution in [0.4, 0.5) is 0 Å². The molecular formula is C13H11NO3. The van der Waals surface area contributed by atoms with Crippen molar-refractivity contribution in [2.24, 2.45) is 0 Å². The molecule has 0 bridgehead atoms. The van der Waals surface area contributed by atoms with Crippen LogP contribution in [0.1, 0.15) is 16.8 Å². The largest absolute Gasteiger partial charge is 0.469 e. The molecule has 1 aromatic heterocycles. The van der Waals surface area contributed by atoms with E-state index in [1.165, 1.54) is 7.11 Å². The monoisotopic (exact) mass is 229 g/mol. The Balaban J connectivity index is 2.30. The van der Waals surface area contributed by atoms with Gasteiger partial charge in [-0.1, -0.05) is 18.2 Å². The summed E-state index contributed by atoms with van der Waals surface area (Å²) in [6, 6.07) is 8.93. The number of pyridine rings is 1. The van der Waals surface area contributed by atoms with Crippen LogP contribution in [-0.2, 0) is 9.53 Å². The molecule has 86 valence electrons. The van der Waals surface area contributed by atoms with E-state index in [0.29, 0.717) is 5.56 Å². The summed E-state index contributed by atoms with van der Waals surface area (Å²) in [6.07, 6.45) is 1.42. The highest BCUT2D eigenvalue weighted by molar-refractivity contribution is 6.07. The van der Waals surface area contributed by atoms with E-state index in [2.05, 4.69) is 9.72 Å². The number of nitrogens with zero attached hydrogens (tertiary/aromatic N) is 1. The summed E-state index contributed by atoms with van der Waals surface area (Å²) in [4.78, 5) is 26.9. The molecule has 0 amide bonds. The number of carbonyl (C=O) groups is 2. The second-order valence-corrected chi connectivity index (χ2v) is 3.59. The van der Waals surface area contributed by atoms with Gasteiger partial charge in [0.1, 0.15) is 6.42 Å². The van der Waals surface area contributed by atoms with E-state index in [-0.39, 0.29) is 12.2 Å². The number of ether oxygens (including phenoxy) is 1. The molecule has 0 radical (unpaired) electrons. The molecule has 4 heteroatoms. The van der Waals surface area contributed by atoms with E-state index in [1.807, 2.05) is 18.2 Å². The summed E-state index contributed by atoms with van der Waals surface area (Å²) in [6.45, 7) is 0. The maximum absolute atomic E-state index is 11.7. The van der Waals surface area contributed by atoms with E-state index < -0.39 is 5.97 Å². The second kappa shape index (κ2) is 4.74. The number of rotatable bonds is 3. The van der Waals surface area contributed by atoms with Crippen molar-refractivity contribution in [3.8, 4) is 0 Å². The minimum absolute atomic E-state index is 0.241. The third kappa shape index (κ3) is 2.47. The fraction of sp³-hybridized carbons (Fsp3) is 0.154. The maximum Gasteiger partial charge on any atom is 0.313 e. The maximum atomic E-state index is 11.7. The first kappa shape index (κ1) is 11.3. The zero-order chi connectivity index (χ0) is 12.3. The zero-order valence-corrected chi connectivity index (χ0v) is 9.34. The van der Waals surface area contributed by atoms with E-state index >= 15 is 0 Å². The van der Waals surface area contributed by atoms with Crippen LogP contribution < -0.4 is 0 Å². The van der Waals surface area contributed by atoms with Gasteiger partial charge in [-0.25, -0.2) is 0 Å². The molecule has 0 aliphatic carbocycles. The molecule has 0 N–H and O–H groups in total. The van der Waals surface area contributed by atoms with Gasteiger partial charge in [0.2, 0.25) is 0 Å². The number of carbonyl (C=O) groups excluding carboxylic acids is 2. The number of aromatic nitrogens is 1. The zero-order valence-electron chi connectivity index (χ0n) is 9.34. The number of hydrogen-bond acceptors (Lipinski definition) is 4. The SMILES string of the molecule is COC(=O)CC(=O)c1ccc2cccnc2c1. The standard InChI is InChI=1S/C13H11NO3/c1-17-13(16)8-12(15)10-5-4-9-3-2-6-14-11(9)7-10/h2-7H,8H2,1H3. The first-order chi connectivity index (χ1) is 8.20. The fourth-order valence-electron chi connectivity index (χ4n) is 1.55. The van der Waals surface area contributed by atoms with Gasteiger partial charge in [0.25, 0.3) is 0 Å². The third-order valence-electron chi connectivity index (χ3n) is 2.46. The number of benzene rings is 1. The van der Waals surface area contributed by atoms with Crippen LogP contribution in [-0.4, -0.2) is 23.8 Å². The number of ketones is 1. The molecule has 0 saturated heterocycles. The Hall–Kier alpha value is -2.23. The van der Waals surface area contributed by atoms with Crippen LogP contribution in [0.15, 0.2) is 36.5 Å². The van der Waals surface area contributed by atoms with Crippen molar-refractivity contribution in [2.45, 2.75) is 6.42 Å². The quantitative estimate of drug-likeness (QED) is 0.458. The van der Waals surface area contributed by atoms with Gasteiger partial charge in [0.05, 0.1) is 12.6 Å². The third-order valence-corrected chi connectivity index (χ3v) is 2.46. The Morgan fingerprint density at radius 3 is 2.88 bits per heavy atom. The van der Waals surface area contributed by atoms with Gasteiger partial charge >= 0.3 is 5.97 Å². The smallest absolute Gasteiger partial charge is 0.313 e. The highest BCUT2D eigenvalue weighted by Crippen LogP contribution is 2.14. The van der Waals surface area contributed by atoms with Crippen molar-refractivity contribution in [3.63, 3.8) is 0 Å². The van der Waals surface area contributed by atoms with Gasteiger partial charge in [-0.3, -0.25) is 14.6 Å². The molecule has 0 aliphatic heterocycles. The van der Waals surface area contributed by atoms with Crippen molar-refractivity contribution in [1.82, 2.24) is 4.98 Å². The summed E-state index contributed by atoms with van der Waals surface area (Å²) >= 11 is 0. The molecule has 0 atom stereocenters. The van der Waals surface area contributed by atoms with Crippen LogP contribution in [0.5, 0.6) is 0 Å². The summed E-state index contributed by atoms with van der Waals surface area (Å²) in [5.74, 6) is -0.791. The number of esters is 1. The molecule has 4 nitrogen and oxygen atoms in total. The van der Waals surface area contributed by atoms with Gasteiger partial charge in [0.15, 0.2) is 5.78 Å². The highest BCUT2D eigenvalue weighted by atomic mass is 16.5. The molecule has 0 unspecified atom stereocenters. The molecule has 0 spiro atoms. The molecule has 1 heterocycles. The summed E-state index contributed by atoms with van der Waals surface area (Å²) in [7, 11) is 1.26. The normalized spacial score (nSPS) is 10.2. The van der Waals surface area contributed by atoms with Crippen LogP contribution in [0.3, 0.4) is 0 Å².